The van der Waals surface area contributed by atoms with Crippen molar-refractivity contribution in [3.05, 3.63) is 10.1 Å². The van der Waals surface area contributed by atoms with E-state index in [2.05, 4.69) is 0 Å². The number of hydrogen-bond acceptors (Lipinski definition) is 4. The predicted molar refractivity (Wildman–Crippen MR) is 26.3 cm³/mol. The summed E-state index contributed by atoms with van der Waals surface area (Å²) in [5, 5.41) is 13.6. The molecule has 56 valence electrons. The van der Waals surface area contributed by atoms with Crippen molar-refractivity contribution < 1.29 is 23.3 Å². The Bertz CT molecular complexity index is 155. The first-order chi connectivity index (χ1) is 3.73. The summed E-state index contributed by atoms with van der Waals surface area (Å²) in [6.07, 6.45) is 0.715. The number of rotatable bonds is 0. The predicted octanol–water partition coefficient (Wildman–Crippen LogP) is -0.844. The van der Waals surface area contributed by atoms with E-state index in [1.165, 1.54) is 0 Å². The molecule has 8 heteroatoms. The van der Waals surface area contributed by atoms with Crippen molar-refractivity contribution in [2.75, 3.05) is 6.26 Å². The first-order valence-electron chi connectivity index (χ1n) is 1.49. The molecule has 0 aliphatic heterocycles. The van der Waals surface area contributed by atoms with Gasteiger partial charge in [0.15, 0.2) is 0 Å². The largest absolute Gasteiger partial charge is 0.328 e. The van der Waals surface area contributed by atoms with Crippen LogP contribution in [-0.4, -0.2) is 29.5 Å². The second-order valence-electron chi connectivity index (χ2n) is 0.971. The van der Waals surface area contributed by atoms with Crippen LogP contribution in [-0.2, 0) is 10.1 Å². The molecule has 0 aliphatic carbocycles. The van der Waals surface area contributed by atoms with Gasteiger partial charge in [0, 0.05) is 0 Å². The Morgan fingerprint density at radius 3 is 1.56 bits per heavy atom. The Balaban J connectivity index is 0. The summed E-state index contributed by atoms with van der Waals surface area (Å²) in [7, 11) is -3.67. The molecule has 2 N–H and O–H groups in total. The smallest absolute Gasteiger partial charge is 0.291 e. The van der Waals surface area contributed by atoms with Gasteiger partial charge < -0.3 is 5.21 Å². The molecule has 0 heterocycles. The lowest BCUT2D eigenvalue weighted by molar-refractivity contribution is -0.742. The molecule has 0 bridgehead atoms. The van der Waals surface area contributed by atoms with E-state index in [0.29, 0.717) is 6.26 Å². The summed E-state index contributed by atoms with van der Waals surface area (Å²) in [6, 6.07) is 0. The van der Waals surface area contributed by atoms with E-state index in [1.807, 2.05) is 0 Å². The van der Waals surface area contributed by atoms with Crippen LogP contribution in [0.15, 0.2) is 0 Å². The molecule has 9 heavy (non-hydrogen) atoms. The van der Waals surface area contributed by atoms with E-state index in [-0.39, 0.29) is 0 Å². The monoisotopic (exact) mass is 159 g/mol. The normalized spacial score (nSPS) is 9.11. The highest BCUT2D eigenvalue weighted by Gasteiger charge is 1.81. The third kappa shape index (κ3) is 234. The summed E-state index contributed by atoms with van der Waals surface area (Å²) in [5.41, 5.74) is 0. The summed E-state index contributed by atoms with van der Waals surface area (Å²) in [5.74, 6) is 0. The maximum absolute atomic E-state index is 9.19. The molecule has 7 nitrogen and oxygen atoms in total. The van der Waals surface area contributed by atoms with Crippen LogP contribution in [0.1, 0.15) is 0 Å². The van der Waals surface area contributed by atoms with Crippen LogP contribution in [0.2, 0.25) is 0 Å². The third-order valence-corrected chi connectivity index (χ3v) is 0. The molecule has 0 fully saturated rings. The van der Waals surface area contributed by atoms with E-state index >= 15 is 0 Å². The van der Waals surface area contributed by atoms with Crippen molar-refractivity contribution in [1.29, 1.82) is 0 Å². The summed E-state index contributed by atoms with van der Waals surface area (Å²) < 4.78 is 25.9. The minimum absolute atomic E-state index is 0.715. The molecule has 0 radical (unpaired) electrons. The summed E-state index contributed by atoms with van der Waals surface area (Å²) in [6.45, 7) is 0. The van der Waals surface area contributed by atoms with Gasteiger partial charge in [-0.1, -0.05) is 0 Å². The molecule has 0 rings (SSSR count). The van der Waals surface area contributed by atoms with Crippen molar-refractivity contribution in [3.8, 4) is 0 Å². The minimum atomic E-state index is -3.67. The fraction of sp³-hybridized carbons (Fsp3) is 1.00. The Hall–Kier alpha value is -0.890. The molecule has 0 spiro atoms. The average Bonchev–Trinajstić information content (AvgIpc) is 1.19. The van der Waals surface area contributed by atoms with Crippen molar-refractivity contribution in [2.45, 2.75) is 0 Å². The van der Waals surface area contributed by atoms with E-state index in [4.69, 9.17) is 19.9 Å². The van der Waals surface area contributed by atoms with Gasteiger partial charge in [-0.25, -0.2) is 0 Å². The van der Waals surface area contributed by atoms with E-state index in [0.717, 1.165) is 0 Å². The molecule has 0 aromatic heterocycles. The molecule has 0 aromatic carbocycles. The van der Waals surface area contributed by atoms with Crippen molar-refractivity contribution in [2.24, 2.45) is 0 Å². The van der Waals surface area contributed by atoms with Gasteiger partial charge in [0.2, 0.25) is 0 Å². The van der Waals surface area contributed by atoms with Gasteiger partial charge in [0.05, 0.1) is 6.26 Å². The molecule has 0 atom stereocenters. The maximum Gasteiger partial charge on any atom is 0.291 e. The highest BCUT2D eigenvalue weighted by atomic mass is 32.2. The van der Waals surface area contributed by atoms with Crippen LogP contribution in [0, 0.1) is 10.1 Å². The molecule has 0 unspecified atom stereocenters. The van der Waals surface area contributed by atoms with Gasteiger partial charge in [-0.3, -0.25) is 4.55 Å². The molecular formula is CH5NO6S. The van der Waals surface area contributed by atoms with Gasteiger partial charge in [-0.2, -0.15) is 8.42 Å². The Morgan fingerprint density at radius 2 is 1.56 bits per heavy atom. The fourth-order valence-corrected chi connectivity index (χ4v) is 0. The van der Waals surface area contributed by atoms with Gasteiger partial charge in [-0.05, 0) is 0 Å². The van der Waals surface area contributed by atoms with Crippen LogP contribution in [0.3, 0.4) is 0 Å². The van der Waals surface area contributed by atoms with Crippen LogP contribution in [0.25, 0.3) is 0 Å². The summed E-state index contributed by atoms with van der Waals surface area (Å²) in [4.78, 5) is 8.36. The quantitative estimate of drug-likeness (QED) is 0.270. The van der Waals surface area contributed by atoms with Gasteiger partial charge >= 0.3 is 0 Å². The van der Waals surface area contributed by atoms with Crippen molar-refractivity contribution in [3.63, 3.8) is 0 Å². The molecule has 0 saturated heterocycles. The zero-order valence-corrected chi connectivity index (χ0v) is 5.20. The third-order valence-electron chi connectivity index (χ3n) is 0. The van der Waals surface area contributed by atoms with Crippen LogP contribution < -0.4 is 0 Å². The van der Waals surface area contributed by atoms with Crippen LogP contribution in [0.4, 0.5) is 0 Å². The maximum atomic E-state index is 9.19. The van der Waals surface area contributed by atoms with Crippen LogP contribution in [0.5, 0.6) is 0 Å². The number of nitrogens with zero attached hydrogens (tertiary/aromatic N) is 1. The number of hydrogen-bond donors (Lipinski definition) is 2. The van der Waals surface area contributed by atoms with Gasteiger partial charge in [0.25, 0.3) is 15.2 Å². The van der Waals surface area contributed by atoms with Gasteiger partial charge in [0.1, 0.15) is 0 Å². The van der Waals surface area contributed by atoms with E-state index in [1.54, 1.807) is 0 Å². The molecule has 0 amide bonds. The topological polar surface area (TPSA) is 118 Å². The van der Waals surface area contributed by atoms with E-state index < -0.39 is 15.2 Å². The lowest BCUT2D eigenvalue weighted by atomic mass is 12.0. The first-order valence-corrected chi connectivity index (χ1v) is 3.34. The molecule has 0 aliphatic rings. The fourth-order valence-electron chi connectivity index (χ4n) is 0. The molecule has 0 saturated carbocycles. The second kappa shape index (κ2) is 4.04. The average molecular weight is 159 g/mol. The highest BCUT2D eigenvalue weighted by molar-refractivity contribution is 7.85. The standard InChI is InChI=1S/CH4O3S.HNO3/c1-5(2,3)4;2-1(3)4/h1H3,(H,2,3,4);(H,2,3,4). The molecular weight excluding hydrogens is 154 g/mol. The summed E-state index contributed by atoms with van der Waals surface area (Å²) >= 11 is 0. The Kier molecular flexibility index (Phi) is 4.92. The molecule has 0 aromatic rings. The van der Waals surface area contributed by atoms with Crippen molar-refractivity contribution >= 4 is 10.1 Å². The lowest BCUT2D eigenvalue weighted by Crippen LogP contribution is -1.88. The Morgan fingerprint density at radius 1 is 1.56 bits per heavy atom. The zero-order valence-electron chi connectivity index (χ0n) is 4.38. The van der Waals surface area contributed by atoms with Crippen molar-refractivity contribution in [1.82, 2.24) is 0 Å². The first kappa shape index (κ1) is 11.0. The SMILES string of the molecule is CS(=O)(=O)O.O=[N+]([O-])O. The second-order valence-corrected chi connectivity index (χ2v) is 2.44. The zero-order chi connectivity index (χ0) is 8.08. The Labute approximate surface area is 50.8 Å². The minimum Gasteiger partial charge on any atom is -0.328 e. The highest BCUT2D eigenvalue weighted by Crippen LogP contribution is 1.60. The van der Waals surface area contributed by atoms with Gasteiger partial charge in [-0.15, -0.1) is 10.1 Å². The lowest BCUT2D eigenvalue weighted by Gasteiger charge is -1.69. The van der Waals surface area contributed by atoms with E-state index in [9.17, 15) is 8.42 Å². The van der Waals surface area contributed by atoms with Crippen LogP contribution >= 0.6 is 0 Å².